The first kappa shape index (κ1) is 18.6. The van der Waals surface area contributed by atoms with Gasteiger partial charge in [0.15, 0.2) is 5.13 Å². The van der Waals surface area contributed by atoms with Crippen LogP contribution < -0.4 is 5.32 Å². The van der Waals surface area contributed by atoms with Crippen LogP contribution in [0, 0.1) is 6.92 Å². The van der Waals surface area contributed by atoms with Crippen molar-refractivity contribution in [1.82, 2.24) is 19.7 Å². The Labute approximate surface area is 167 Å². The average Bonchev–Trinajstić information content (AvgIpc) is 3.19. The van der Waals surface area contributed by atoms with Gasteiger partial charge in [-0.05, 0) is 52.2 Å². The fourth-order valence-corrected chi connectivity index (χ4v) is 4.55. The Balaban J connectivity index is 1.88. The molecule has 1 aliphatic carbocycles. The lowest BCUT2D eigenvalue weighted by Crippen LogP contribution is -2.10. The Morgan fingerprint density at radius 2 is 2.14 bits per heavy atom. The van der Waals surface area contributed by atoms with Gasteiger partial charge in [-0.15, -0.1) is 0 Å². The molecular formula is C20H23N5O2S. The van der Waals surface area contributed by atoms with Crippen LogP contribution in [0.15, 0.2) is 18.3 Å². The predicted octanol–water partition coefficient (Wildman–Crippen LogP) is 4.62. The quantitative estimate of drug-likeness (QED) is 0.697. The number of carbonyl (C=O) groups excluding carboxylic acids is 1. The van der Waals surface area contributed by atoms with Gasteiger partial charge in [-0.25, -0.2) is 9.78 Å². The number of amides is 1. The van der Waals surface area contributed by atoms with Crippen LogP contribution in [0.25, 0.3) is 21.8 Å². The molecule has 3 heterocycles. The van der Waals surface area contributed by atoms with E-state index in [-0.39, 0.29) is 6.04 Å². The molecule has 7 nitrogen and oxygen atoms in total. The zero-order valence-electron chi connectivity index (χ0n) is 16.4. The molecule has 0 radical (unpaired) electrons. The average molecular weight is 398 g/mol. The largest absolute Gasteiger partial charge is 0.453 e. The number of nitrogens with zero attached hydrogens (tertiary/aromatic N) is 4. The van der Waals surface area contributed by atoms with Gasteiger partial charge in [0.2, 0.25) is 0 Å². The Hall–Kier alpha value is -2.74. The summed E-state index contributed by atoms with van der Waals surface area (Å²) in [4.78, 5) is 21.8. The van der Waals surface area contributed by atoms with Crippen molar-refractivity contribution in [3.8, 4) is 21.8 Å². The fraction of sp³-hybridized carbons (Fsp3) is 0.400. The van der Waals surface area contributed by atoms with E-state index in [0.717, 1.165) is 52.5 Å². The van der Waals surface area contributed by atoms with Crippen LogP contribution >= 0.6 is 11.3 Å². The molecule has 0 bridgehead atoms. The lowest BCUT2D eigenvalue weighted by molar-refractivity contribution is 0.187. The van der Waals surface area contributed by atoms with Crippen molar-refractivity contribution in [2.24, 2.45) is 0 Å². The van der Waals surface area contributed by atoms with Gasteiger partial charge in [0.25, 0.3) is 0 Å². The summed E-state index contributed by atoms with van der Waals surface area (Å²) in [5.74, 6) is 0. The standard InChI is InChI=1S/C20H23N5O2S/c1-11(2)25-17-14(16(24-25)13-9-8-12(3)21-10-13)6-5-7-15-18(17)28-19(22-15)23-20(26)27-4/h8-11H,5-7H2,1-4H3,(H,22,23,26). The molecule has 0 aliphatic heterocycles. The summed E-state index contributed by atoms with van der Waals surface area (Å²) in [6.45, 7) is 6.24. The normalized spacial score (nSPS) is 13.0. The molecule has 3 aromatic heterocycles. The maximum absolute atomic E-state index is 11.6. The van der Waals surface area contributed by atoms with Crippen molar-refractivity contribution >= 4 is 22.6 Å². The van der Waals surface area contributed by atoms with E-state index in [4.69, 9.17) is 9.84 Å². The minimum atomic E-state index is -0.507. The van der Waals surface area contributed by atoms with Crippen LogP contribution in [0.4, 0.5) is 9.93 Å². The van der Waals surface area contributed by atoms with Gasteiger partial charge in [-0.3, -0.25) is 15.0 Å². The molecule has 4 rings (SSSR count). The third kappa shape index (κ3) is 3.28. The molecule has 0 unspecified atom stereocenters. The first-order chi connectivity index (χ1) is 13.5. The highest BCUT2D eigenvalue weighted by molar-refractivity contribution is 7.19. The van der Waals surface area contributed by atoms with Crippen LogP contribution in [0.2, 0.25) is 0 Å². The van der Waals surface area contributed by atoms with Crippen molar-refractivity contribution < 1.29 is 9.53 Å². The van der Waals surface area contributed by atoms with E-state index in [1.807, 2.05) is 19.2 Å². The second kappa shape index (κ2) is 7.35. The topological polar surface area (TPSA) is 81.9 Å². The van der Waals surface area contributed by atoms with Gasteiger partial charge < -0.3 is 4.74 Å². The first-order valence-corrected chi connectivity index (χ1v) is 10.2. The lowest BCUT2D eigenvalue weighted by atomic mass is 10.0. The Morgan fingerprint density at radius 3 is 2.82 bits per heavy atom. The molecule has 1 aliphatic rings. The summed E-state index contributed by atoms with van der Waals surface area (Å²) in [5, 5.41) is 8.22. The lowest BCUT2D eigenvalue weighted by Gasteiger charge is -2.10. The zero-order chi connectivity index (χ0) is 19.8. The summed E-state index contributed by atoms with van der Waals surface area (Å²) < 4.78 is 6.78. The highest BCUT2D eigenvalue weighted by atomic mass is 32.1. The number of aromatic nitrogens is 4. The molecule has 0 saturated heterocycles. The summed E-state index contributed by atoms with van der Waals surface area (Å²) in [5.41, 5.74) is 6.34. The Kier molecular flexibility index (Phi) is 4.89. The maximum atomic E-state index is 11.6. The molecule has 1 amide bonds. The SMILES string of the molecule is COC(=O)Nc1nc2c(s1)-c1c(c(-c3ccc(C)nc3)nn1C(C)C)CCC2. The van der Waals surface area contributed by atoms with E-state index in [1.54, 1.807) is 0 Å². The minimum Gasteiger partial charge on any atom is -0.453 e. The second-order valence-corrected chi connectivity index (χ2v) is 8.17. The van der Waals surface area contributed by atoms with Crippen molar-refractivity contribution in [2.75, 3.05) is 12.4 Å². The van der Waals surface area contributed by atoms with E-state index in [1.165, 1.54) is 24.0 Å². The third-order valence-corrected chi connectivity index (χ3v) is 5.85. The summed E-state index contributed by atoms with van der Waals surface area (Å²) in [7, 11) is 1.35. The fourth-order valence-electron chi connectivity index (χ4n) is 3.49. The number of carbonyl (C=O) groups is 1. The van der Waals surface area contributed by atoms with Gasteiger partial charge in [0.05, 0.1) is 29.1 Å². The van der Waals surface area contributed by atoms with Crippen LogP contribution in [-0.2, 0) is 17.6 Å². The number of anilines is 1. The Morgan fingerprint density at radius 1 is 1.32 bits per heavy atom. The number of thiazole rings is 1. The number of nitrogens with one attached hydrogen (secondary N) is 1. The minimum absolute atomic E-state index is 0.200. The monoisotopic (exact) mass is 397 g/mol. The number of ether oxygens (including phenoxy) is 1. The van der Waals surface area contributed by atoms with E-state index in [9.17, 15) is 4.79 Å². The molecule has 0 atom stereocenters. The molecule has 8 heteroatoms. The van der Waals surface area contributed by atoms with Crippen LogP contribution in [-0.4, -0.2) is 33.0 Å². The first-order valence-electron chi connectivity index (χ1n) is 9.37. The highest BCUT2D eigenvalue weighted by Crippen LogP contribution is 2.43. The van der Waals surface area contributed by atoms with E-state index < -0.39 is 6.09 Å². The van der Waals surface area contributed by atoms with Crippen LogP contribution in [0.1, 0.15) is 43.3 Å². The Bertz CT molecular complexity index is 1020. The van der Waals surface area contributed by atoms with Crippen LogP contribution in [0.3, 0.4) is 0 Å². The maximum Gasteiger partial charge on any atom is 0.413 e. The number of fused-ring (bicyclic) bond motifs is 3. The van der Waals surface area contributed by atoms with Crippen molar-refractivity contribution in [2.45, 2.75) is 46.1 Å². The molecule has 1 N–H and O–H groups in total. The number of hydrogen-bond donors (Lipinski definition) is 1. The number of rotatable bonds is 3. The van der Waals surface area contributed by atoms with Crippen molar-refractivity contribution in [1.29, 1.82) is 0 Å². The molecule has 0 fully saturated rings. The van der Waals surface area contributed by atoms with Gasteiger partial charge in [0.1, 0.15) is 0 Å². The van der Waals surface area contributed by atoms with Gasteiger partial charge >= 0.3 is 6.09 Å². The number of pyridine rings is 1. The van der Waals surface area contributed by atoms with E-state index >= 15 is 0 Å². The van der Waals surface area contributed by atoms with Crippen molar-refractivity contribution in [3.63, 3.8) is 0 Å². The molecule has 3 aromatic rings. The van der Waals surface area contributed by atoms with Gasteiger partial charge in [-0.1, -0.05) is 11.3 Å². The zero-order valence-corrected chi connectivity index (χ0v) is 17.3. The molecule has 0 spiro atoms. The smallest absolute Gasteiger partial charge is 0.413 e. The third-order valence-electron chi connectivity index (χ3n) is 4.83. The van der Waals surface area contributed by atoms with Gasteiger partial charge in [-0.2, -0.15) is 5.10 Å². The van der Waals surface area contributed by atoms with Gasteiger partial charge in [0, 0.05) is 29.1 Å². The molecule has 0 saturated carbocycles. The second-order valence-electron chi connectivity index (χ2n) is 7.17. The predicted molar refractivity (Wildman–Crippen MR) is 110 cm³/mol. The van der Waals surface area contributed by atoms with E-state index in [0.29, 0.717) is 5.13 Å². The summed E-state index contributed by atoms with van der Waals surface area (Å²) >= 11 is 1.48. The number of methoxy groups -OCH3 is 1. The number of hydrogen-bond acceptors (Lipinski definition) is 6. The van der Waals surface area contributed by atoms with E-state index in [2.05, 4.69) is 39.9 Å². The molecular weight excluding hydrogens is 374 g/mol. The number of aryl methyl sites for hydroxylation is 2. The molecule has 28 heavy (non-hydrogen) atoms. The molecule has 146 valence electrons. The van der Waals surface area contributed by atoms with Crippen LogP contribution in [0.5, 0.6) is 0 Å². The molecule has 0 aromatic carbocycles. The van der Waals surface area contributed by atoms with Crippen molar-refractivity contribution in [3.05, 3.63) is 35.3 Å². The summed E-state index contributed by atoms with van der Waals surface area (Å²) in [6, 6.07) is 4.30. The highest BCUT2D eigenvalue weighted by Gasteiger charge is 2.28. The summed E-state index contributed by atoms with van der Waals surface area (Å²) in [6.07, 6.45) is 4.18.